The third-order valence-electron chi connectivity index (χ3n) is 5.31. The van der Waals surface area contributed by atoms with Crippen LogP contribution in [0.3, 0.4) is 0 Å². The van der Waals surface area contributed by atoms with Crippen LogP contribution in [0.2, 0.25) is 0 Å². The molecule has 3 atom stereocenters. The molecule has 1 aliphatic rings. The molecule has 0 spiro atoms. The number of rotatable bonds is 5. The minimum absolute atomic E-state index is 0.0909. The number of halogens is 2. The van der Waals surface area contributed by atoms with Gasteiger partial charge in [-0.2, -0.15) is 0 Å². The van der Waals surface area contributed by atoms with Gasteiger partial charge >= 0.3 is 0 Å². The fraction of sp³-hybridized carbons (Fsp3) is 0.217. The van der Waals surface area contributed by atoms with Crippen molar-refractivity contribution in [3.05, 3.63) is 93.7 Å². The van der Waals surface area contributed by atoms with E-state index >= 15 is 0 Å². The van der Waals surface area contributed by atoms with Crippen LogP contribution in [0.5, 0.6) is 11.5 Å². The first kappa shape index (κ1) is 19.9. The van der Waals surface area contributed by atoms with Crippen LogP contribution in [0, 0.1) is 5.82 Å². The summed E-state index contributed by atoms with van der Waals surface area (Å²) in [5.41, 5.74) is 9.02. The van der Waals surface area contributed by atoms with Gasteiger partial charge in [0.2, 0.25) is 0 Å². The summed E-state index contributed by atoms with van der Waals surface area (Å²) in [5.74, 6) is 0.486. The lowest BCUT2D eigenvalue weighted by molar-refractivity contribution is 0.297. The molecule has 4 nitrogen and oxygen atoms in total. The molecule has 0 radical (unpaired) electrons. The highest BCUT2D eigenvalue weighted by Gasteiger charge is 2.36. The molecule has 3 aromatic rings. The van der Waals surface area contributed by atoms with Gasteiger partial charge in [0.05, 0.1) is 6.04 Å². The normalized spacial score (nSPS) is 21.3. The standard InChI is InChI=1S/C23H22BrFN2O2/c1-14-22(15-6-8-17(24)9-7-15)23(27-26-14)19-11-10-18(12-21(19)28)29-13-16-4-2-3-5-20(16)25/h2-12,14,22-23,26-28H,13H2,1H3. The number of hydrogen-bond donors (Lipinski definition) is 3. The molecule has 1 heterocycles. The molecule has 1 saturated heterocycles. The summed E-state index contributed by atoms with van der Waals surface area (Å²) >= 11 is 3.48. The molecule has 0 aliphatic carbocycles. The van der Waals surface area contributed by atoms with Crippen LogP contribution < -0.4 is 15.6 Å². The van der Waals surface area contributed by atoms with Crippen LogP contribution in [0.1, 0.15) is 35.6 Å². The molecule has 1 fully saturated rings. The zero-order valence-electron chi connectivity index (χ0n) is 15.9. The second-order valence-electron chi connectivity index (χ2n) is 7.23. The number of phenols is 1. The Hall–Kier alpha value is -2.41. The van der Waals surface area contributed by atoms with Crippen LogP contribution in [0.4, 0.5) is 4.39 Å². The van der Waals surface area contributed by atoms with Gasteiger partial charge in [-0.25, -0.2) is 9.82 Å². The Morgan fingerprint density at radius 2 is 1.79 bits per heavy atom. The molecule has 3 aromatic carbocycles. The van der Waals surface area contributed by atoms with Crippen LogP contribution in [0.15, 0.2) is 71.2 Å². The summed E-state index contributed by atoms with van der Waals surface area (Å²) in [6, 6.07) is 20.1. The monoisotopic (exact) mass is 456 g/mol. The van der Waals surface area contributed by atoms with Gasteiger partial charge < -0.3 is 9.84 Å². The minimum Gasteiger partial charge on any atom is -0.507 e. The summed E-state index contributed by atoms with van der Waals surface area (Å²) in [5, 5.41) is 10.7. The predicted molar refractivity (Wildman–Crippen MR) is 114 cm³/mol. The molecule has 0 bridgehead atoms. The van der Waals surface area contributed by atoms with E-state index in [0.717, 1.165) is 10.0 Å². The number of benzene rings is 3. The zero-order chi connectivity index (χ0) is 20.4. The SMILES string of the molecule is CC1NNC(c2ccc(OCc3ccccc3F)cc2O)C1c1ccc(Br)cc1. The largest absolute Gasteiger partial charge is 0.507 e. The van der Waals surface area contributed by atoms with E-state index in [1.54, 1.807) is 30.3 Å². The number of nitrogens with one attached hydrogen (secondary N) is 2. The van der Waals surface area contributed by atoms with Crippen molar-refractivity contribution in [2.45, 2.75) is 31.5 Å². The van der Waals surface area contributed by atoms with Gasteiger partial charge in [-0.3, -0.25) is 5.43 Å². The third-order valence-corrected chi connectivity index (χ3v) is 5.84. The molecule has 1 aliphatic heterocycles. The van der Waals surface area contributed by atoms with Gasteiger partial charge in [-0.05, 0) is 36.8 Å². The number of aromatic hydroxyl groups is 1. The van der Waals surface area contributed by atoms with Crippen molar-refractivity contribution in [2.75, 3.05) is 0 Å². The van der Waals surface area contributed by atoms with Crippen molar-refractivity contribution in [1.82, 2.24) is 10.9 Å². The Balaban J connectivity index is 1.54. The second kappa shape index (κ2) is 8.53. The van der Waals surface area contributed by atoms with Crippen molar-refractivity contribution in [2.24, 2.45) is 0 Å². The summed E-state index contributed by atoms with van der Waals surface area (Å²) in [4.78, 5) is 0. The van der Waals surface area contributed by atoms with Gasteiger partial charge in [-0.15, -0.1) is 0 Å². The Kier molecular flexibility index (Phi) is 5.85. The Morgan fingerprint density at radius 3 is 2.52 bits per heavy atom. The van der Waals surface area contributed by atoms with E-state index in [4.69, 9.17) is 4.74 Å². The molecule has 4 rings (SSSR count). The number of ether oxygens (including phenoxy) is 1. The van der Waals surface area contributed by atoms with E-state index < -0.39 is 0 Å². The van der Waals surface area contributed by atoms with E-state index in [1.165, 1.54) is 11.6 Å². The van der Waals surface area contributed by atoms with Gasteiger partial charge in [0.15, 0.2) is 0 Å². The van der Waals surface area contributed by atoms with E-state index in [2.05, 4.69) is 45.8 Å². The van der Waals surface area contributed by atoms with Gasteiger partial charge in [0, 0.05) is 33.6 Å². The lowest BCUT2D eigenvalue weighted by Crippen LogP contribution is -2.29. The molecule has 0 saturated carbocycles. The van der Waals surface area contributed by atoms with Crippen molar-refractivity contribution in [3.63, 3.8) is 0 Å². The maximum absolute atomic E-state index is 13.8. The highest BCUT2D eigenvalue weighted by Crippen LogP contribution is 2.41. The average molecular weight is 457 g/mol. The van der Waals surface area contributed by atoms with E-state index in [9.17, 15) is 9.50 Å². The van der Waals surface area contributed by atoms with Crippen molar-refractivity contribution in [1.29, 1.82) is 0 Å². The Bertz CT molecular complexity index is 996. The van der Waals surface area contributed by atoms with Crippen LogP contribution in [-0.2, 0) is 6.61 Å². The topological polar surface area (TPSA) is 53.5 Å². The molecule has 29 heavy (non-hydrogen) atoms. The molecule has 3 unspecified atom stereocenters. The molecular formula is C23H22BrFN2O2. The Morgan fingerprint density at radius 1 is 1.03 bits per heavy atom. The van der Waals surface area contributed by atoms with Gasteiger partial charge in [0.1, 0.15) is 23.9 Å². The zero-order valence-corrected chi connectivity index (χ0v) is 17.5. The van der Waals surface area contributed by atoms with E-state index in [1.807, 2.05) is 18.2 Å². The summed E-state index contributed by atoms with van der Waals surface area (Å²) in [6.07, 6.45) is 0. The first-order valence-corrected chi connectivity index (χ1v) is 10.3. The third kappa shape index (κ3) is 4.29. The van der Waals surface area contributed by atoms with E-state index in [0.29, 0.717) is 11.3 Å². The lowest BCUT2D eigenvalue weighted by Gasteiger charge is -2.23. The molecule has 0 aromatic heterocycles. The quantitative estimate of drug-likeness (QED) is 0.494. The van der Waals surface area contributed by atoms with Crippen LogP contribution in [-0.4, -0.2) is 11.1 Å². The maximum Gasteiger partial charge on any atom is 0.129 e. The minimum atomic E-state index is -0.305. The van der Waals surface area contributed by atoms with Crippen LogP contribution in [0.25, 0.3) is 0 Å². The van der Waals surface area contributed by atoms with E-state index in [-0.39, 0.29) is 36.2 Å². The van der Waals surface area contributed by atoms with Gasteiger partial charge in [0.25, 0.3) is 0 Å². The first-order valence-electron chi connectivity index (χ1n) is 9.48. The molecule has 6 heteroatoms. The lowest BCUT2D eigenvalue weighted by atomic mass is 9.84. The van der Waals surface area contributed by atoms with Gasteiger partial charge in [-0.1, -0.05) is 52.3 Å². The smallest absolute Gasteiger partial charge is 0.129 e. The summed E-state index contributed by atoms with van der Waals surface area (Å²) in [7, 11) is 0. The molecule has 3 N–H and O–H groups in total. The van der Waals surface area contributed by atoms with Crippen molar-refractivity contribution >= 4 is 15.9 Å². The molecule has 0 amide bonds. The predicted octanol–water partition coefficient (Wildman–Crippen LogP) is 5.19. The van der Waals surface area contributed by atoms with Crippen LogP contribution >= 0.6 is 15.9 Å². The van der Waals surface area contributed by atoms with Crippen molar-refractivity contribution < 1.29 is 14.2 Å². The number of hydrazine groups is 1. The summed E-state index contributed by atoms with van der Waals surface area (Å²) in [6.45, 7) is 2.22. The number of phenolic OH excluding ortho intramolecular Hbond substituents is 1. The first-order chi connectivity index (χ1) is 14.0. The van der Waals surface area contributed by atoms with Crippen molar-refractivity contribution in [3.8, 4) is 11.5 Å². The average Bonchev–Trinajstić information content (AvgIpc) is 3.09. The fourth-order valence-corrected chi connectivity index (χ4v) is 4.04. The molecular weight excluding hydrogens is 435 g/mol. The Labute approximate surface area is 177 Å². The highest BCUT2D eigenvalue weighted by molar-refractivity contribution is 9.10. The fourth-order valence-electron chi connectivity index (χ4n) is 3.78. The highest BCUT2D eigenvalue weighted by atomic mass is 79.9. The molecule has 150 valence electrons. The summed E-state index contributed by atoms with van der Waals surface area (Å²) < 4.78 is 20.5. The number of hydrogen-bond acceptors (Lipinski definition) is 4. The maximum atomic E-state index is 13.8. The second-order valence-corrected chi connectivity index (χ2v) is 8.15.